The highest BCUT2D eigenvalue weighted by molar-refractivity contribution is 6.35. The minimum absolute atomic E-state index is 0.119. The lowest BCUT2D eigenvalue weighted by Crippen LogP contribution is -2.30. The summed E-state index contributed by atoms with van der Waals surface area (Å²) in [6.45, 7) is -0.373. The Balaban J connectivity index is 2.15. The molecule has 6 heteroatoms. The fourth-order valence-corrected chi connectivity index (χ4v) is 1.96. The fourth-order valence-electron chi connectivity index (χ4n) is 1.73. The number of aromatic amines is 1. The molecule has 1 amide bonds. The zero-order valence-corrected chi connectivity index (χ0v) is 10.1. The van der Waals surface area contributed by atoms with E-state index in [-0.39, 0.29) is 18.9 Å². The Labute approximate surface area is 108 Å². The number of nitrogens with one attached hydrogen (secondary N) is 2. The van der Waals surface area contributed by atoms with Crippen LogP contribution in [0.25, 0.3) is 10.9 Å². The number of carbonyl (C=O) groups is 2. The van der Waals surface area contributed by atoms with Crippen LogP contribution in [0.4, 0.5) is 0 Å². The average molecular weight is 267 g/mol. The number of benzene rings is 1. The number of carbonyl (C=O) groups excluding carboxylic acids is 1. The Hall–Kier alpha value is -2.01. The van der Waals surface area contributed by atoms with Gasteiger partial charge in [-0.3, -0.25) is 9.59 Å². The highest BCUT2D eigenvalue weighted by Gasteiger charge is 2.10. The first-order valence-corrected chi connectivity index (χ1v) is 5.68. The molecule has 94 valence electrons. The van der Waals surface area contributed by atoms with Crippen molar-refractivity contribution in [2.75, 3.05) is 6.54 Å². The van der Waals surface area contributed by atoms with Crippen molar-refractivity contribution in [3.05, 3.63) is 35.0 Å². The molecule has 3 N–H and O–H groups in total. The second-order valence-electron chi connectivity index (χ2n) is 3.82. The number of carboxylic acid groups (broad SMARTS) is 1. The second-order valence-corrected chi connectivity index (χ2v) is 4.23. The Morgan fingerprint density at radius 1 is 1.39 bits per heavy atom. The van der Waals surface area contributed by atoms with Crippen LogP contribution >= 0.6 is 11.6 Å². The van der Waals surface area contributed by atoms with Gasteiger partial charge in [-0.2, -0.15) is 0 Å². The molecule has 0 unspecified atom stereocenters. The monoisotopic (exact) mass is 266 g/mol. The van der Waals surface area contributed by atoms with Gasteiger partial charge in [-0.25, -0.2) is 0 Å². The number of H-pyrrole nitrogens is 1. The standard InChI is InChI=1S/C12H11ClN2O3/c13-9-3-1-2-8-7(5-15-12(8)9)4-10(16)14-6-11(17)18/h1-3,5,15H,4,6H2,(H,14,16)(H,17,18). The summed E-state index contributed by atoms with van der Waals surface area (Å²) in [5, 5.41) is 12.2. The van der Waals surface area contributed by atoms with E-state index in [9.17, 15) is 9.59 Å². The minimum Gasteiger partial charge on any atom is -0.480 e. The maximum Gasteiger partial charge on any atom is 0.322 e. The molecule has 18 heavy (non-hydrogen) atoms. The first-order chi connectivity index (χ1) is 8.58. The molecule has 0 fully saturated rings. The van der Waals surface area contributed by atoms with E-state index in [0.717, 1.165) is 16.5 Å². The number of carboxylic acids is 1. The van der Waals surface area contributed by atoms with E-state index < -0.39 is 5.97 Å². The molecular formula is C12H11ClN2O3. The quantitative estimate of drug-likeness (QED) is 0.785. The molecule has 0 aliphatic rings. The zero-order valence-electron chi connectivity index (χ0n) is 9.37. The molecule has 0 atom stereocenters. The summed E-state index contributed by atoms with van der Waals surface area (Å²) in [5.41, 5.74) is 1.57. The number of aliphatic carboxylic acids is 1. The minimum atomic E-state index is -1.06. The third kappa shape index (κ3) is 2.62. The molecule has 1 heterocycles. The number of amides is 1. The number of hydrogen-bond donors (Lipinski definition) is 3. The molecule has 0 radical (unpaired) electrons. The maximum absolute atomic E-state index is 11.5. The Morgan fingerprint density at radius 3 is 2.89 bits per heavy atom. The number of para-hydroxylation sites is 1. The fraction of sp³-hybridized carbons (Fsp3) is 0.167. The highest BCUT2D eigenvalue weighted by Crippen LogP contribution is 2.25. The van der Waals surface area contributed by atoms with Crippen molar-refractivity contribution in [1.29, 1.82) is 0 Å². The lowest BCUT2D eigenvalue weighted by atomic mass is 10.1. The largest absolute Gasteiger partial charge is 0.480 e. The van der Waals surface area contributed by atoms with Crippen LogP contribution in [0.2, 0.25) is 5.02 Å². The first kappa shape index (κ1) is 12.4. The molecule has 1 aromatic heterocycles. The number of aromatic nitrogens is 1. The molecule has 0 aliphatic heterocycles. The molecule has 0 bridgehead atoms. The molecule has 0 aliphatic carbocycles. The smallest absolute Gasteiger partial charge is 0.322 e. The maximum atomic E-state index is 11.5. The summed E-state index contributed by atoms with van der Waals surface area (Å²) in [5.74, 6) is -1.40. The molecule has 2 aromatic rings. The van der Waals surface area contributed by atoms with Crippen LogP contribution in [-0.2, 0) is 16.0 Å². The van der Waals surface area contributed by atoms with Crippen LogP contribution in [0.5, 0.6) is 0 Å². The van der Waals surface area contributed by atoms with Gasteiger partial charge in [0.15, 0.2) is 0 Å². The predicted octanol–water partition coefficient (Wildman–Crippen LogP) is 1.56. The Morgan fingerprint density at radius 2 is 2.17 bits per heavy atom. The van der Waals surface area contributed by atoms with Gasteiger partial charge in [0.05, 0.1) is 17.0 Å². The first-order valence-electron chi connectivity index (χ1n) is 5.31. The van der Waals surface area contributed by atoms with Crippen LogP contribution in [0.3, 0.4) is 0 Å². The molecule has 5 nitrogen and oxygen atoms in total. The van der Waals surface area contributed by atoms with Crippen LogP contribution < -0.4 is 5.32 Å². The topological polar surface area (TPSA) is 82.2 Å². The van der Waals surface area contributed by atoms with E-state index in [1.165, 1.54) is 0 Å². The van der Waals surface area contributed by atoms with Gasteiger partial charge in [-0.05, 0) is 11.6 Å². The number of fused-ring (bicyclic) bond motifs is 1. The molecule has 1 aromatic carbocycles. The van der Waals surface area contributed by atoms with Crippen molar-refractivity contribution in [3.8, 4) is 0 Å². The molecular weight excluding hydrogens is 256 g/mol. The lowest BCUT2D eigenvalue weighted by Gasteiger charge is -2.01. The van der Waals surface area contributed by atoms with Crippen molar-refractivity contribution in [2.45, 2.75) is 6.42 Å². The Kier molecular flexibility index (Phi) is 3.53. The van der Waals surface area contributed by atoms with Crippen LogP contribution in [0, 0.1) is 0 Å². The molecule has 0 saturated heterocycles. The van der Waals surface area contributed by atoms with E-state index >= 15 is 0 Å². The normalized spacial score (nSPS) is 10.5. The van der Waals surface area contributed by atoms with E-state index in [1.54, 1.807) is 18.3 Å². The van der Waals surface area contributed by atoms with E-state index in [2.05, 4.69) is 10.3 Å². The van der Waals surface area contributed by atoms with Crippen LogP contribution in [-0.4, -0.2) is 28.5 Å². The van der Waals surface area contributed by atoms with E-state index in [1.807, 2.05) is 6.07 Å². The lowest BCUT2D eigenvalue weighted by molar-refractivity contribution is -0.137. The predicted molar refractivity (Wildman–Crippen MR) is 67.7 cm³/mol. The van der Waals surface area contributed by atoms with Gasteiger partial charge in [0.2, 0.25) is 5.91 Å². The molecule has 2 rings (SSSR count). The number of hydrogen-bond acceptors (Lipinski definition) is 2. The number of halogens is 1. The Bertz CT molecular complexity index is 606. The summed E-state index contributed by atoms with van der Waals surface area (Å²) in [4.78, 5) is 24.8. The summed E-state index contributed by atoms with van der Waals surface area (Å²) in [7, 11) is 0. The summed E-state index contributed by atoms with van der Waals surface area (Å²) in [6, 6.07) is 5.42. The molecule has 0 saturated carbocycles. The third-order valence-electron chi connectivity index (χ3n) is 2.54. The van der Waals surface area contributed by atoms with Crippen molar-refractivity contribution < 1.29 is 14.7 Å². The summed E-state index contributed by atoms with van der Waals surface area (Å²) in [6.07, 6.45) is 1.82. The van der Waals surface area contributed by atoms with Crippen LogP contribution in [0.15, 0.2) is 24.4 Å². The SMILES string of the molecule is O=C(O)CNC(=O)Cc1c[nH]c2c(Cl)cccc12. The summed E-state index contributed by atoms with van der Waals surface area (Å²) < 4.78 is 0. The van der Waals surface area contributed by atoms with Gasteiger partial charge in [0.1, 0.15) is 6.54 Å². The van der Waals surface area contributed by atoms with Gasteiger partial charge >= 0.3 is 5.97 Å². The van der Waals surface area contributed by atoms with Crippen molar-refractivity contribution >= 4 is 34.4 Å². The average Bonchev–Trinajstić information content (AvgIpc) is 2.72. The number of rotatable bonds is 4. The van der Waals surface area contributed by atoms with Crippen LogP contribution in [0.1, 0.15) is 5.56 Å². The van der Waals surface area contributed by atoms with Gasteiger partial charge < -0.3 is 15.4 Å². The molecule has 0 spiro atoms. The van der Waals surface area contributed by atoms with Gasteiger partial charge in [0.25, 0.3) is 0 Å². The van der Waals surface area contributed by atoms with Gasteiger partial charge in [-0.1, -0.05) is 23.7 Å². The third-order valence-corrected chi connectivity index (χ3v) is 2.85. The highest BCUT2D eigenvalue weighted by atomic mass is 35.5. The zero-order chi connectivity index (χ0) is 13.1. The van der Waals surface area contributed by atoms with Crippen molar-refractivity contribution in [2.24, 2.45) is 0 Å². The second kappa shape index (κ2) is 5.10. The van der Waals surface area contributed by atoms with Crippen molar-refractivity contribution in [1.82, 2.24) is 10.3 Å². The van der Waals surface area contributed by atoms with E-state index in [0.29, 0.717) is 5.02 Å². The van der Waals surface area contributed by atoms with Crippen molar-refractivity contribution in [3.63, 3.8) is 0 Å². The van der Waals surface area contributed by atoms with Gasteiger partial charge in [0, 0.05) is 11.6 Å². The summed E-state index contributed by atoms with van der Waals surface area (Å²) >= 11 is 6.00. The van der Waals surface area contributed by atoms with E-state index in [4.69, 9.17) is 16.7 Å². The van der Waals surface area contributed by atoms with Gasteiger partial charge in [-0.15, -0.1) is 0 Å².